The van der Waals surface area contributed by atoms with Gasteiger partial charge >= 0.3 is 0 Å². The number of aldehydes is 1. The van der Waals surface area contributed by atoms with Gasteiger partial charge in [-0.3, -0.25) is 4.79 Å². The van der Waals surface area contributed by atoms with Crippen molar-refractivity contribution < 1.29 is 14.3 Å². The molecule has 1 aromatic carbocycles. The molecule has 0 fully saturated rings. The minimum Gasteiger partial charge on any atom is -0.493 e. The molecule has 2 rings (SSSR count). The minimum absolute atomic E-state index is 0.479. The van der Waals surface area contributed by atoms with Crippen LogP contribution in [0.3, 0.4) is 0 Å². The summed E-state index contributed by atoms with van der Waals surface area (Å²) in [5, 5.41) is 0. The lowest BCUT2D eigenvalue weighted by molar-refractivity contribution is 0.112. The summed E-state index contributed by atoms with van der Waals surface area (Å²) in [6.07, 6.45) is 4.43. The summed E-state index contributed by atoms with van der Waals surface area (Å²) >= 11 is 3.39. The van der Waals surface area contributed by atoms with Gasteiger partial charge in [0.25, 0.3) is 0 Å². The van der Waals surface area contributed by atoms with Gasteiger partial charge in [-0.05, 0) is 35.0 Å². The molecule has 0 bridgehead atoms. The SMILES string of the molecule is COc1cc(C=O)cc(Br)c1OCCn1ccnc1C. The summed E-state index contributed by atoms with van der Waals surface area (Å²) in [4.78, 5) is 15.0. The number of hydrogen-bond donors (Lipinski definition) is 0. The van der Waals surface area contributed by atoms with Gasteiger partial charge in [0.2, 0.25) is 0 Å². The van der Waals surface area contributed by atoms with Gasteiger partial charge < -0.3 is 14.0 Å². The van der Waals surface area contributed by atoms with E-state index in [0.717, 1.165) is 12.1 Å². The van der Waals surface area contributed by atoms with Crippen molar-refractivity contribution in [3.8, 4) is 11.5 Å². The van der Waals surface area contributed by atoms with Crippen molar-refractivity contribution in [2.24, 2.45) is 0 Å². The average Bonchev–Trinajstić information content (AvgIpc) is 2.85. The zero-order valence-corrected chi connectivity index (χ0v) is 12.9. The van der Waals surface area contributed by atoms with Crippen molar-refractivity contribution in [1.29, 1.82) is 0 Å². The van der Waals surface area contributed by atoms with Crippen molar-refractivity contribution >= 4 is 22.2 Å². The van der Waals surface area contributed by atoms with Crippen LogP contribution < -0.4 is 9.47 Å². The molecule has 5 nitrogen and oxygen atoms in total. The molecule has 6 heteroatoms. The highest BCUT2D eigenvalue weighted by atomic mass is 79.9. The number of benzene rings is 1. The van der Waals surface area contributed by atoms with E-state index in [1.807, 2.05) is 17.7 Å². The van der Waals surface area contributed by atoms with Crippen LogP contribution in [0.4, 0.5) is 0 Å². The van der Waals surface area contributed by atoms with Gasteiger partial charge in [-0.25, -0.2) is 4.98 Å². The van der Waals surface area contributed by atoms with Crippen LogP contribution in [0.1, 0.15) is 16.2 Å². The third-order valence-electron chi connectivity index (χ3n) is 2.89. The third-order valence-corrected chi connectivity index (χ3v) is 3.48. The molecule has 106 valence electrons. The average molecular weight is 339 g/mol. The van der Waals surface area contributed by atoms with Crippen LogP contribution in [-0.4, -0.2) is 29.6 Å². The molecule has 0 atom stereocenters. The molecule has 0 saturated carbocycles. The lowest BCUT2D eigenvalue weighted by Crippen LogP contribution is -2.09. The van der Waals surface area contributed by atoms with Crippen molar-refractivity contribution in [1.82, 2.24) is 9.55 Å². The molecule has 0 unspecified atom stereocenters. The number of aromatic nitrogens is 2. The number of methoxy groups -OCH3 is 1. The normalized spacial score (nSPS) is 10.3. The number of halogens is 1. The fraction of sp³-hybridized carbons (Fsp3) is 0.286. The molecule has 20 heavy (non-hydrogen) atoms. The van der Waals surface area contributed by atoms with E-state index in [2.05, 4.69) is 20.9 Å². The number of nitrogens with zero attached hydrogens (tertiary/aromatic N) is 2. The third kappa shape index (κ3) is 3.19. The Hall–Kier alpha value is -1.82. The molecule has 1 aromatic heterocycles. The van der Waals surface area contributed by atoms with E-state index in [-0.39, 0.29) is 0 Å². The Morgan fingerprint density at radius 1 is 1.45 bits per heavy atom. The number of aryl methyl sites for hydroxylation is 1. The highest BCUT2D eigenvalue weighted by molar-refractivity contribution is 9.10. The second kappa shape index (κ2) is 6.56. The zero-order valence-electron chi connectivity index (χ0n) is 11.3. The van der Waals surface area contributed by atoms with Crippen molar-refractivity contribution in [3.05, 3.63) is 40.4 Å². The first kappa shape index (κ1) is 14.6. The fourth-order valence-electron chi connectivity index (χ4n) is 1.83. The number of carbonyl (C=O) groups excluding carboxylic acids is 1. The van der Waals surface area contributed by atoms with E-state index in [4.69, 9.17) is 9.47 Å². The van der Waals surface area contributed by atoms with Crippen molar-refractivity contribution in [3.63, 3.8) is 0 Å². The molecule has 0 aliphatic carbocycles. The molecule has 0 N–H and O–H groups in total. The maximum atomic E-state index is 10.8. The smallest absolute Gasteiger partial charge is 0.175 e. The molecule has 0 amide bonds. The quantitative estimate of drug-likeness (QED) is 0.760. The first-order chi connectivity index (χ1) is 9.65. The van der Waals surface area contributed by atoms with Gasteiger partial charge in [0.1, 0.15) is 18.7 Å². The van der Waals surface area contributed by atoms with Gasteiger partial charge in [0.15, 0.2) is 11.5 Å². The maximum absolute atomic E-state index is 10.8. The van der Waals surface area contributed by atoms with Gasteiger partial charge in [0.05, 0.1) is 18.1 Å². The van der Waals surface area contributed by atoms with Gasteiger partial charge in [-0.15, -0.1) is 0 Å². The minimum atomic E-state index is 0.479. The van der Waals surface area contributed by atoms with Gasteiger partial charge in [-0.1, -0.05) is 0 Å². The monoisotopic (exact) mass is 338 g/mol. The first-order valence-electron chi connectivity index (χ1n) is 6.09. The lowest BCUT2D eigenvalue weighted by atomic mass is 10.2. The van der Waals surface area contributed by atoms with Crippen LogP contribution in [0.5, 0.6) is 11.5 Å². The molecule has 0 radical (unpaired) electrons. The molecule has 0 aliphatic rings. The highest BCUT2D eigenvalue weighted by Crippen LogP contribution is 2.36. The molecule has 0 aliphatic heterocycles. The number of rotatable bonds is 6. The molecular weight excluding hydrogens is 324 g/mol. The summed E-state index contributed by atoms with van der Waals surface area (Å²) in [5.41, 5.74) is 0.534. The van der Waals surface area contributed by atoms with E-state index in [9.17, 15) is 4.79 Å². The topological polar surface area (TPSA) is 53.4 Å². The maximum Gasteiger partial charge on any atom is 0.175 e. The second-order valence-electron chi connectivity index (χ2n) is 4.17. The van der Waals surface area contributed by atoms with E-state index >= 15 is 0 Å². The summed E-state index contributed by atoms with van der Waals surface area (Å²) < 4.78 is 13.7. The largest absolute Gasteiger partial charge is 0.493 e. The van der Waals surface area contributed by atoms with Crippen LogP contribution in [-0.2, 0) is 6.54 Å². The molecule has 1 heterocycles. The Bertz CT molecular complexity index is 610. The van der Waals surface area contributed by atoms with Crippen LogP contribution in [0.15, 0.2) is 29.0 Å². The Balaban J connectivity index is 2.09. The second-order valence-corrected chi connectivity index (χ2v) is 5.02. The number of imidazole rings is 1. The van der Waals surface area contributed by atoms with Gasteiger partial charge in [0, 0.05) is 18.0 Å². The van der Waals surface area contributed by atoms with Crippen LogP contribution in [0.25, 0.3) is 0 Å². The van der Waals surface area contributed by atoms with Crippen molar-refractivity contribution in [2.45, 2.75) is 13.5 Å². The summed E-state index contributed by atoms with van der Waals surface area (Å²) in [7, 11) is 1.54. The van der Waals surface area contributed by atoms with Crippen LogP contribution >= 0.6 is 15.9 Å². The summed E-state index contributed by atoms with van der Waals surface area (Å²) in [6, 6.07) is 3.35. The van der Waals surface area contributed by atoms with E-state index in [0.29, 0.717) is 34.7 Å². The van der Waals surface area contributed by atoms with E-state index in [1.165, 1.54) is 0 Å². The summed E-state index contributed by atoms with van der Waals surface area (Å²) in [6.45, 7) is 3.11. The standard InChI is InChI=1S/C14H15BrN2O3/c1-10-16-3-4-17(10)5-6-20-14-12(15)7-11(9-18)8-13(14)19-2/h3-4,7-9H,5-6H2,1-2H3. The molecule has 0 saturated heterocycles. The Kier molecular flexibility index (Phi) is 4.79. The lowest BCUT2D eigenvalue weighted by Gasteiger charge is -2.13. The molecule has 0 spiro atoms. The number of hydrogen-bond acceptors (Lipinski definition) is 4. The Labute approximate surface area is 125 Å². The van der Waals surface area contributed by atoms with Crippen LogP contribution in [0, 0.1) is 6.92 Å². The van der Waals surface area contributed by atoms with E-state index in [1.54, 1.807) is 25.4 Å². The van der Waals surface area contributed by atoms with Crippen molar-refractivity contribution in [2.75, 3.05) is 13.7 Å². The molecular formula is C14H15BrN2O3. The van der Waals surface area contributed by atoms with Gasteiger partial charge in [-0.2, -0.15) is 0 Å². The Morgan fingerprint density at radius 3 is 2.85 bits per heavy atom. The zero-order chi connectivity index (χ0) is 14.5. The van der Waals surface area contributed by atoms with Crippen LogP contribution in [0.2, 0.25) is 0 Å². The molecule has 2 aromatic rings. The number of carbonyl (C=O) groups is 1. The first-order valence-corrected chi connectivity index (χ1v) is 6.88. The predicted octanol–water partition coefficient (Wildman–Crippen LogP) is 2.85. The van der Waals surface area contributed by atoms with E-state index < -0.39 is 0 Å². The number of ether oxygens (including phenoxy) is 2. The predicted molar refractivity (Wildman–Crippen MR) is 78.5 cm³/mol. The fourth-order valence-corrected chi connectivity index (χ4v) is 2.41. The highest BCUT2D eigenvalue weighted by Gasteiger charge is 2.11. The Morgan fingerprint density at radius 2 is 2.25 bits per heavy atom. The summed E-state index contributed by atoms with van der Waals surface area (Å²) in [5.74, 6) is 2.07.